The molecule has 0 aromatic heterocycles. The SMILES string of the molecule is CC(O)(CNC(=O)C1(CN)CCOCC1)C(=O)O. The number of nitrogens with one attached hydrogen (secondary N) is 1. The fraction of sp³-hybridized carbons (Fsp3) is 0.818. The van der Waals surface area contributed by atoms with Gasteiger partial charge in [-0.2, -0.15) is 0 Å². The third-order valence-corrected chi connectivity index (χ3v) is 3.38. The first-order chi connectivity index (χ1) is 8.34. The lowest BCUT2D eigenvalue weighted by atomic mass is 9.79. The zero-order valence-electron chi connectivity index (χ0n) is 10.4. The van der Waals surface area contributed by atoms with Crippen molar-refractivity contribution < 1.29 is 24.5 Å². The van der Waals surface area contributed by atoms with Crippen molar-refractivity contribution in [3.8, 4) is 0 Å². The van der Waals surface area contributed by atoms with Gasteiger partial charge in [0.15, 0.2) is 5.60 Å². The molecule has 0 bridgehead atoms. The Morgan fingerprint density at radius 1 is 1.44 bits per heavy atom. The zero-order chi connectivity index (χ0) is 13.8. The van der Waals surface area contributed by atoms with Crippen LogP contribution >= 0.6 is 0 Å². The number of hydrogen-bond donors (Lipinski definition) is 4. The Morgan fingerprint density at radius 3 is 2.44 bits per heavy atom. The summed E-state index contributed by atoms with van der Waals surface area (Å²) < 4.78 is 5.18. The molecule has 104 valence electrons. The van der Waals surface area contributed by atoms with E-state index in [1.54, 1.807) is 0 Å². The van der Waals surface area contributed by atoms with Gasteiger partial charge in [0.25, 0.3) is 0 Å². The zero-order valence-corrected chi connectivity index (χ0v) is 10.4. The molecule has 0 aromatic carbocycles. The molecule has 1 saturated heterocycles. The van der Waals surface area contributed by atoms with E-state index in [1.165, 1.54) is 0 Å². The molecule has 0 spiro atoms. The standard InChI is InChI=1S/C11H20N2O5/c1-10(17,9(15)16)7-13-8(14)11(6-12)2-4-18-5-3-11/h17H,2-7,12H2,1H3,(H,13,14)(H,15,16). The summed E-state index contributed by atoms with van der Waals surface area (Å²) in [6, 6.07) is 0. The van der Waals surface area contributed by atoms with Gasteiger partial charge in [-0.05, 0) is 19.8 Å². The van der Waals surface area contributed by atoms with Gasteiger partial charge in [-0.15, -0.1) is 0 Å². The van der Waals surface area contributed by atoms with Gasteiger partial charge in [0, 0.05) is 19.8 Å². The van der Waals surface area contributed by atoms with Gasteiger partial charge >= 0.3 is 5.97 Å². The normalized spacial score (nSPS) is 21.9. The van der Waals surface area contributed by atoms with Crippen LogP contribution in [0.5, 0.6) is 0 Å². The van der Waals surface area contributed by atoms with Crippen molar-refractivity contribution >= 4 is 11.9 Å². The highest BCUT2D eigenvalue weighted by Crippen LogP contribution is 2.29. The van der Waals surface area contributed by atoms with Gasteiger partial charge in [0.2, 0.25) is 5.91 Å². The fourth-order valence-electron chi connectivity index (χ4n) is 1.80. The van der Waals surface area contributed by atoms with Crippen molar-refractivity contribution in [1.82, 2.24) is 5.32 Å². The van der Waals surface area contributed by atoms with Crippen LogP contribution in [-0.2, 0) is 14.3 Å². The van der Waals surface area contributed by atoms with Crippen molar-refractivity contribution in [2.24, 2.45) is 11.1 Å². The summed E-state index contributed by atoms with van der Waals surface area (Å²) in [7, 11) is 0. The molecule has 1 aliphatic heterocycles. The van der Waals surface area contributed by atoms with E-state index in [1.807, 2.05) is 0 Å². The van der Waals surface area contributed by atoms with Gasteiger partial charge in [-0.25, -0.2) is 4.79 Å². The summed E-state index contributed by atoms with van der Waals surface area (Å²) in [5, 5.41) is 20.7. The van der Waals surface area contributed by atoms with E-state index in [9.17, 15) is 14.7 Å². The Balaban J connectivity index is 2.61. The monoisotopic (exact) mass is 260 g/mol. The molecule has 1 heterocycles. The molecule has 1 unspecified atom stereocenters. The molecule has 18 heavy (non-hydrogen) atoms. The summed E-state index contributed by atoms with van der Waals surface area (Å²) in [6.45, 7) is 1.88. The molecular weight excluding hydrogens is 240 g/mol. The van der Waals surface area contributed by atoms with Crippen LogP contribution in [0.3, 0.4) is 0 Å². The topological polar surface area (TPSA) is 122 Å². The Hall–Kier alpha value is -1.18. The highest BCUT2D eigenvalue weighted by molar-refractivity contribution is 5.84. The first-order valence-electron chi connectivity index (χ1n) is 5.86. The summed E-state index contributed by atoms with van der Waals surface area (Å²) >= 11 is 0. The summed E-state index contributed by atoms with van der Waals surface area (Å²) in [6.07, 6.45) is 1.01. The highest BCUT2D eigenvalue weighted by Gasteiger charge is 2.40. The van der Waals surface area contributed by atoms with Gasteiger partial charge in [-0.3, -0.25) is 4.79 Å². The van der Waals surface area contributed by atoms with Crippen molar-refractivity contribution in [3.05, 3.63) is 0 Å². The lowest BCUT2D eigenvalue weighted by Gasteiger charge is -2.35. The Morgan fingerprint density at radius 2 is 2.00 bits per heavy atom. The fourth-order valence-corrected chi connectivity index (χ4v) is 1.80. The summed E-state index contributed by atoms with van der Waals surface area (Å²) in [5.74, 6) is -1.70. The number of ether oxygens (including phenoxy) is 1. The third-order valence-electron chi connectivity index (χ3n) is 3.38. The van der Waals surface area contributed by atoms with Crippen molar-refractivity contribution in [3.63, 3.8) is 0 Å². The van der Waals surface area contributed by atoms with E-state index in [2.05, 4.69) is 5.32 Å². The minimum Gasteiger partial charge on any atom is -0.479 e. The quantitative estimate of drug-likeness (QED) is 0.487. The van der Waals surface area contributed by atoms with Crippen LogP contribution in [0.2, 0.25) is 0 Å². The molecule has 0 aromatic rings. The van der Waals surface area contributed by atoms with E-state index in [0.29, 0.717) is 26.1 Å². The van der Waals surface area contributed by atoms with Crippen LogP contribution in [0.15, 0.2) is 0 Å². The average molecular weight is 260 g/mol. The number of nitrogens with two attached hydrogens (primary N) is 1. The second-order valence-electron chi connectivity index (χ2n) is 4.86. The smallest absolute Gasteiger partial charge is 0.337 e. The average Bonchev–Trinajstić information content (AvgIpc) is 2.36. The molecule has 0 saturated carbocycles. The van der Waals surface area contributed by atoms with Crippen molar-refractivity contribution in [2.45, 2.75) is 25.4 Å². The Kier molecular flexibility index (Phi) is 4.66. The Bertz CT molecular complexity index is 323. The second kappa shape index (κ2) is 5.64. The summed E-state index contributed by atoms with van der Waals surface area (Å²) in [4.78, 5) is 22.8. The first-order valence-corrected chi connectivity index (χ1v) is 5.86. The molecule has 1 rings (SSSR count). The second-order valence-corrected chi connectivity index (χ2v) is 4.86. The van der Waals surface area contributed by atoms with E-state index in [4.69, 9.17) is 15.6 Å². The molecule has 1 amide bonds. The molecule has 1 atom stereocenters. The first kappa shape index (κ1) is 14.9. The van der Waals surface area contributed by atoms with Gasteiger partial charge in [-0.1, -0.05) is 0 Å². The number of rotatable bonds is 5. The van der Waals surface area contributed by atoms with Crippen LogP contribution in [0, 0.1) is 5.41 Å². The number of carbonyl (C=O) groups excluding carboxylic acids is 1. The van der Waals surface area contributed by atoms with Crippen molar-refractivity contribution in [1.29, 1.82) is 0 Å². The van der Waals surface area contributed by atoms with Crippen LogP contribution in [0.4, 0.5) is 0 Å². The molecule has 1 fully saturated rings. The maximum absolute atomic E-state index is 12.1. The van der Waals surface area contributed by atoms with E-state index in [-0.39, 0.29) is 19.0 Å². The lowest BCUT2D eigenvalue weighted by molar-refractivity contribution is -0.157. The number of carboxylic acid groups (broad SMARTS) is 1. The molecular formula is C11H20N2O5. The van der Waals surface area contributed by atoms with E-state index in [0.717, 1.165) is 6.92 Å². The minimum atomic E-state index is -1.98. The third kappa shape index (κ3) is 3.18. The predicted octanol–water partition coefficient (Wildman–Crippen LogP) is -1.31. The molecule has 0 radical (unpaired) electrons. The number of aliphatic hydroxyl groups is 1. The van der Waals surface area contributed by atoms with Gasteiger partial charge in [0.1, 0.15) is 0 Å². The van der Waals surface area contributed by atoms with Gasteiger partial charge in [0.05, 0.1) is 12.0 Å². The Labute approximate surface area is 105 Å². The maximum Gasteiger partial charge on any atom is 0.337 e. The lowest BCUT2D eigenvalue weighted by Crippen LogP contribution is -2.54. The predicted molar refractivity (Wildman–Crippen MR) is 62.8 cm³/mol. The number of hydrogen-bond acceptors (Lipinski definition) is 5. The largest absolute Gasteiger partial charge is 0.479 e. The minimum absolute atomic E-state index is 0.178. The number of aliphatic carboxylic acids is 1. The van der Waals surface area contributed by atoms with E-state index >= 15 is 0 Å². The molecule has 7 nitrogen and oxygen atoms in total. The molecule has 0 aliphatic carbocycles. The number of carbonyl (C=O) groups is 2. The van der Waals surface area contributed by atoms with E-state index < -0.39 is 17.0 Å². The van der Waals surface area contributed by atoms with Crippen LogP contribution in [-0.4, -0.2) is 54.0 Å². The molecule has 7 heteroatoms. The maximum atomic E-state index is 12.1. The van der Waals surface area contributed by atoms with Crippen LogP contribution < -0.4 is 11.1 Å². The number of amides is 1. The highest BCUT2D eigenvalue weighted by atomic mass is 16.5. The number of carboxylic acids is 1. The molecule has 1 aliphatic rings. The summed E-state index contributed by atoms with van der Waals surface area (Å²) in [5.41, 5.74) is 2.95. The van der Waals surface area contributed by atoms with Crippen LogP contribution in [0.25, 0.3) is 0 Å². The van der Waals surface area contributed by atoms with Gasteiger partial charge < -0.3 is 26.0 Å². The molecule has 5 N–H and O–H groups in total. The van der Waals surface area contributed by atoms with Crippen LogP contribution in [0.1, 0.15) is 19.8 Å². The van der Waals surface area contributed by atoms with Crippen molar-refractivity contribution in [2.75, 3.05) is 26.3 Å².